The molecule has 2 aliphatic rings. The topological polar surface area (TPSA) is 40.5 Å². The van der Waals surface area contributed by atoms with E-state index in [1.54, 1.807) is 0 Å². The zero-order valence-corrected chi connectivity index (χ0v) is 12.3. The number of hydrogen-bond acceptors (Lipinski definition) is 2. The van der Waals surface area contributed by atoms with Gasteiger partial charge in [-0.1, -0.05) is 32.6 Å². The summed E-state index contributed by atoms with van der Waals surface area (Å²) in [6, 6.07) is 0.526. The minimum atomic E-state index is -0.657. The van der Waals surface area contributed by atoms with Crippen molar-refractivity contribution in [1.29, 1.82) is 0 Å². The molecule has 2 unspecified atom stereocenters. The van der Waals surface area contributed by atoms with Gasteiger partial charge in [-0.15, -0.1) is 0 Å². The van der Waals surface area contributed by atoms with Crippen molar-refractivity contribution in [3.63, 3.8) is 0 Å². The Balaban J connectivity index is 1.86. The Hall–Kier alpha value is -0.570. The summed E-state index contributed by atoms with van der Waals surface area (Å²) in [6.07, 6.45) is 11.6. The lowest BCUT2D eigenvalue weighted by molar-refractivity contribution is -0.139. The molecule has 2 aliphatic carbocycles. The normalized spacial score (nSPS) is 28.3. The Kier molecular flexibility index (Phi) is 5.68. The molecule has 1 N–H and O–H groups in total. The van der Waals surface area contributed by atoms with E-state index in [2.05, 4.69) is 11.8 Å². The molecular formula is C16H29NO2. The molecule has 0 amide bonds. The fourth-order valence-corrected chi connectivity index (χ4v) is 3.57. The van der Waals surface area contributed by atoms with E-state index in [0.29, 0.717) is 6.04 Å². The van der Waals surface area contributed by atoms with Gasteiger partial charge >= 0.3 is 5.97 Å². The summed E-state index contributed by atoms with van der Waals surface area (Å²) in [4.78, 5) is 13.3. The van der Waals surface area contributed by atoms with E-state index in [-0.39, 0.29) is 6.54 Å². The lowest BCUT2D eigenvalue weighted by Crippen LogP contribution is -2.40. The molecule has 0 spiro atoms. The number of hydrogen-bond donors (Lipinski definition) is 1. The first kappa shape index (κ1) is 14.8. The molecule has 0 aromatic rings. The molecule has 0 heterocycles. The van der Waals surface area contributed by atoms with Gasteiger partial charge < -0.3 is 5.11 Å². The van der Waals surface area contributed by atoms with Crippen LogP contribution in [0.3, 0.4) is 0 Å². The Bertz CT molecular complexity index is 288. The first-order chi connectivity index (χ1) is 9.19. The molecule has 0 saturated heterocycles. The SMILES string of the molecule is CCCC1CCCC(N(CC(=O)O)CC2CC2)CC1. The number of carboxylic acid groups (broad SMARTS) is 1. The molecule has 0 aromatic heterocycles. The molecule has 2 rings (SSSR count). The summed E-state index contributed by atoms with van der Waals surface area (Å²) in [5.74, 6) is 1.02. The van der Waals surface area contributed by atoms with Gasteiger partial charge in [0.1, 0.15) is 0 Å². The van der Waals surface area contributed by atoms with E-state index in [0.717, 1.165) is 18.4 Å². The Labute approximate surface area is 117 Å². The molecule has 2 saturated carbocycles. The van der Waals surface area contributed by atoms with Gasteiger partial charge in [0.2, 0.25) is 0 Å². The molecule has 19 heavy (non-hydrogen) atoms. The van der Waals surface area contributed by atoms with Crippen molar-refractivity contribution in [3.8, 4) is 0 Å². The number of aliphatic carboxylic acids is 1. The third kappa shape index (κ3) is 5.13. The molecule has 0 aromatic carbocycles. The number of nitrogens with zero attached hydrogens (tertiary/aromatic N) is 1. The van der Waals surface area contributed by atoms with Crippen LogP contribution in [-0.2, 0) is 4.79 Å². The summed E-state index contributed by atoms with van der Waals surface area (Å²) >= 11 is 0. The van der Waals surface area contributed by atoms with Crippen molar-refractivity contribution in [2.45, 2.75) is 70.8 Å². The Morgan fingerprint density at radius 1 is 1.11 bits per heavy atom. The van der Waals surface area contributed by atoms with Gasteiger partial charge in [0, 0.05) is 12.6 Å². The maximum atomic E-state index is 11.1. The number of rotatable bonds is 7. The van der Waals surface area contributed by atoms with Gasteiger partial charge in [0.15, 0.2) is 0 Å². The summed E-state index contributed by atoms with van der Waals surface area (Å²) < 4.78 is 0. The van der Waals surface area contributed by atoms with E-state index in [1.807, 2.05) is 0 Å². The lowest BCUT2D eigenvalue weighted by Gasteiger charge is -2.29. The van der Waals surface area contributed by atoms with Crippen LogP contribution in [0, 0.1) is 11.8 Å². The van der Waals surface area contributed by atoms with Crippen LogP contribution >= 0.6 is 0 Å². The third-order valence-electron chi connectivity index (χ3n) is 4.80. The fraction of sp³-hybridized carbons (Fsp3) is 0.938. The highest BCUT2D eigenvalue weighted by Gasteiger charge is 2.30. The van der Waals surface area contributed by atoms with Crippen LogP contribution in [0.5, 0.6) is 0 Å². The van der Waals surface area contributed by atoms with Crippen LogP contribution in [0.4, 0.5) is 0 Å². The highest BCUT2D eigenvalue weighted by molar-refractivity contribution is 5.69. The van der Waals surface area contributed by atoms with Crippen LogP contribution in [0.25, 0.3) is 0 Å². The van der Waals surface area contributed by atoms with Crippen molar-refractivity contribution >= 4 is 5.97 Å². The maximum absolute atomic E-state index is 11.1. The Morgan fingerprint density at radius 2 is 1.84 bits per heavy atom. The van der Waals surface area contributed by atoms with E-state index < -0.39 is 5.97 Å². The van der Waals surface area contributed by atoms with Crippen LogP contribution in [0.1, 0.15) is 64.7 Å². The van der Waals surface area contributed by atoms with Gasteiger partial charge in [-0.05, 0) is 43.9 Å². The molecule has 0 radical (unpaired) electrons. The molecule has 2 fully saturated rings. The van der Waals surface area contributed by atoms with Crippen molar-refractivity contribution in [2.24, 2.45) is 11.8 Å². The van der Waals surface area contributed by atoms with E-state index in [1.165, 1.54) is 57.8 Å². The van der Waals surface area contributed by atoms with Crippen LogP contribution < -0.4 is 0 Å². The second kappa shape index (κ2) is 7.28. The maximum Gasteiger partial charge on any atom is 0.317 e. The molecule has 0 aliphatic heterocycles. The summed E-state index contributed by atoms with van der Waals surface area (Å²) in [6.45, 7) is 3.54. The highest BCUT2D eigenvalue weighted by Crippen LogP contribution is 2.33. The molecular weight excluding hydrogens is 238 g/mol. The second-order valence-corrected chi connectivity index (χ2v) is 6.58. The zero-order chi connectivity index (χ0) is 13.7. The monoisotopic (exact) mass is 267 g/mol. The average Bonchev–Trinajstić information content (AvgIpc) is 3.15. The second-order valence-electron chi connectivity index (χ2n) is 6.58. The quantitative estimate of drug-likeness (QED) is 0.717. The first-order valence-electron chi connectivity index (χ1n) is 8.15. The predicted molar refractivity (Wildman–Crippen MR) is 77.2 cm³/mol. The van der Waals surface area contributed by atoms with E-state index in [9.17, 15) is 4.79 Å². The van der Waals surface area contributed by atoms with Gasteiger partial charge in [0.05, 0.1) is 6.54 Å². The van der Waals surface area contributed by atoms with E-state index >= 15 is 0 Å². The Morgan fingerprint density at radius 3 is 2.47 bits per heavy atom. The lowest BCUT2D eigenvalue weighted by atomic mass is 9.95. The average molecular weight is 267 g/mol. The minimum Gasteiger partial charge on any atom is -0.480 e. The van der Waals surface area contributed by atoms with Crippen LogP contribution in [0.2, 0.25) is 0 Å². The standard InChI is InChI=1S/C16H29NO2/c1-2-4-13-5-3-6-15(10-9-13)17(12-16(18)19)11-14-7-8-14/h13-15H,2-12H2,1H3,(H,18,19). The fourth-order valence-electron chi connectivity index (χ4n) is 3.57. The largest absolute Gasteiger partial charge is 0.480 e. The van der Waals surface area contributed by atoms with Gasteiger partial charge in [-0.3, -0.25) is 9.69 Å². The summed E-state index contributed by atoms with van der Waals surface area (Å²) in [7, 11) is 0. The first-order valence-corrected chi connectivity index (χ1v) is 8.15. The molecule has 3 nitrogen and oxygen atoms in total. The van der Waals surface area contributed by atoms with Gasteiger partial charge in [0.25, 0.3) is 0 Å². The molecule has 2 atom stereocenters. The van der Waals surface area contributed by atoms with Crippen LogP contribution in [-0.4, -0.2) is 35.1 Å². The predicted octanol–water partition coefficient (Wildman–Crippen LogP) is 3.53. The summed E-state index contributed by atoms with van der Waals surface area (Å²) in [5.41, 5.74) is 0. The van der Waals surface area contributed by atoms with Crippen molar-refractivity contribution in [3.05, 3.63) is 0 Å². The highest BCUT2D eigenvalue weighted by atomic mass is 16.4. The van der Waals surface area contributed by atoms with E-state index in [4.69, 9.17) is 5.11 Å². The number of carboxylic acids is 1. The van der Waals surface area contributed by atoms with Gasteiger partial charge in [-0.25, -0.2) is 0 Å². The third-order valence-corrected chi connectivity index (χ3v) is 4.80. The van der Waals surface area contributed by atoms with Gasteiger partial charge in [-0.2, -0.15) is 0 Å². The van der Waals surface area contributed by atoms with Crippen molar-refractivity contribution in [2.75, 3.05) is 13.1 Å². The smallest absolute Gasteiger partial charge is 0.317 e. The molecule has 3 heteroatoms. The summed E-state index contributed by atoms with van der Waals surface area (Å²) in [5, 5.41) is 9.11. The van der Waals surface area contributed by atoms with Crippen LogP contribution in [0.15, 0.2) is 0 Å². The van der Waals surface area contributed by atoms with Crippen molar-refractivity contribution in [1.82, 2.24) is 4.90 Å². The van der Waals surface area contributed by atoms with Crippen molar-refractivity contribution < 1.29 is 9.90 Å². The molecule has 0 bridgehead atoms. The molecule has 110 valence electrons. The minimum absolute atomic E-state index is 0.250. The zero-order valence-electron chi connectivity index (χ0n) is 12.3. The number of carbonyl (C=O) groups is 1.